The van der Waals surface area contributed by atoms with Crippen LogP contribution in [0.5, 0.6) is 0 Å². The maximum Gasteiger partial charge on any atom is 0.322 e. The van der Waals surface area contributed by atoms with Crippen molar-refractivity contribution < 1.29 is 4.92 Å². The standard InChI is InChI=1S/C4H3ClN2O2/c5-3-1-2-4(6-3)7(8)9/h1-2,6H. The molecule has 1 N–H and O–H groups in total. The summed E-state index contributed by atoms with van der Waals surface area (Å²) in [5, 5.41) is 10.2. The lowest BCUT2D eigenvalue weighted by molar-refractivity contribution is -0.389. The molecule has 0 saturated carbocycles. The molecule has 0 atom stereocenters. The molecule has 1 aromatic heterocycles. The van der Waals surface area contributed by atoms with Crippen molar-refractivity contribution in [2.75, 3.05) is 0 Å². The first-order valence-electron chi connectivity index (χ1n) is 2.19. The Kier molecular flexibility index (Phi) is 1.40. The van der Waals surface area contributed by atoms with E-state index in [1.807, 2.05) is 0 Å². The summed E-state index contributed by atoms with van der Waals surface area (Å²) in [6.07, 6.45) is 0. The van der Waals surface area contributed by atoms with E-state index in [1.54, 1.807) is 0 Å². The number of aromatic amines is 1. The minimum absolute atomic E-state index is 0.0833. The fourth-order valence-electron chi connectivity index (χ4n) is 0.464. The zero-order valence-corrected chi connectivity index (χ0v) is 5.05. The van der Waals surface area contributed by atoms with Crippen molar-refractivity contribution in [3.63, 3.8) is 0 Å². The highest BCUT2D eigenvalue weighted by Crippen LogP contribution is 2.12. The van der Waals surface area contributed by atoms with Crippen LogP contribution in [0.25, 0.3) is 0 Å². The predicted octanol–water partition coefficient (Wildman–Crippen LogP) is 1.58. The van der Waals surface area contributed by atoms with Gasteiger partial charge in [0.1, 0.15) is 0 Å². The highest BCUT2D eigenvalue weighted by molar-refractivity contribution is 6.29. The molecular weight excluding hydrogens is 144 g/mol. The van der Waals surface area contributed by atoms with E-state index in [-0.39, 0.29) is 11.0 Å². The van der Waals surface area contributed by atoms with E-state index >= 15 is 0 Å². The van der Waals surface area contributed by atoms with E-state index in [0.29, 0.717) is 0 Å². The summed E-state index contributed by atoms with van der Waals surface area (Å²) in [7, 11) is 0. The molecule has 0 radical (unpaired) electrons. The summed E-state index contributed by atoms with van der Waals surface area (Å²) in [4.78, 5) is 11.7. The van der Waals surface area contributed by atoms with Gasteiger partial charge < -0.3 is 10.1 Å². The van der Waals surface area contributed by atoms with Crippen molar-refractivity contribution >= 4 is 17.4 Å². The van der Waals surface area contributed by atoms with Crippen LogP contribution in [-0.4, -0.2) is 9.91 Å². The minimum atomic E-state index is -0.536. The largest absolute Gasteiger partial charge is 0.358 e. The molecule has 48 valence electrons. The number of hydrogen-bond donors (Lipinski definition) is 1. The van der Waals surface area contributed by atoms with Gasteiger partial charge in [-0.15, -0.1) is 0 Å². The molecule has 0 aliphatic carbocycles. The van der Waals surface area contributed by atoms with Gasteiger partial charge in [0, 0.05) is 12.1 Å². The molecule has 0 bridgehead atoms. The highest BCUT2D eigenvalue weighted by atomic mass is 35.5. The normalized spacial score (nSPS) is 9.44. The van der Waals surface area contributed by atoms with Crippen LogP contribution in [-0.2, 0) is 0 Å². The molecule has 1 heterocycles. The van der Waals surface area contributed by atoms with Crippen molar-refractivity contribution in [2.24, 2.45) is 0 Å². The van der Waals surface area contributed by atoms with Crippen LogP contribution in [0, 0.1) is 10.1 Å². The summed E-state index contributed by atoms with van der Waals surface area (Å²) in [6, 6.07) is 2.74. The van der Waals surface area contributed by atoms with E-state index in [9.17, 15) is 10.1 Å². The van der Waals surface area contributed by atoms with Crippen LogP contribution in [0.2, 0.25) is 5.15 Å². The lowest BCUT2D eigenvalue weighted by Crippen LogP contribution is -1.85. The fraction of sp³-hybridized carbons (Fsp3) is 0. The van der Waals surface area contributed by atoms with Crippen molar-refractivity contribution in [2.45, 2.75) is 0 Å². The number of hydrogen-bond acceptors (Lipinski definition) is 2. The molecule has 0 aliphatic heterocycles. The number of rotatable bonds is 1. The summed E-state index contributed by atoms with van der Waals surface area (Å²) in [5.41, 5.74) is 0. The minimum Gasteiger partial charge on any atom is -0.358 e. The number of H-pyrrole nitrogens is 1. The molecule has 0 aliphatic rings. The Balaban J connectivity index is 2.98. The first-order chi connectivity index (χ1) is 4.20. The topological polar surface area (TPSA) is 58.9 Å². The van der Waals surface area contributed by atoms with Gasteiger partial charge in [-0.2, -0.15) is 0 Å². The zero-order chi connectivity index (χ0) is 6.85. The molecule has 0 fully saturated rings. The maximum atomic E-state index is 9.93. The summed E-state index contributed by atoms with van der Waals surface area (Å²) >= 11 is 5.34. The maximum absolute atomic E-state index is 9.93. The van der Waals surface area contributed by atoms with Crippen molar-refractivity contribution in [1.29, 1.82) is 0 Å². The van der Waals surface area contributed by atoms with Gasteiger partial charge >= 0.3 is 5.82 Å². The molecule has 0 aromatic carbocycles. The second kappa shape index (κ2) is 2.06. The first kappa shape index (κ1) is 6.10. The average Bonchev–Trinajstić information content (AvgIpc) is 2.14. The summed E-state index contributed by atoms with van der Waals surface area (Å²) in [5.74, 6) is -0.0833. The Morgan fingerprint density at radius 2 is 2.33 bits per heavy atom. The summed E-state index contributed by atoms with van der Waals surface area (Å²) in [6.45, 7) is 0. The second-order valence-electron chi connectivity index (χ2n) is 1.45. The van der Waals surface area contributed by atoms with E-state index in [0.717, 1.165) is 0 Å². The van der Waals surface area contributed by atoms with Gasteiger partial charge in [-0.25, -0.2) is 4.98 Å². The molecule has 0 unspecified atom stereocenters. The Morgan fingerprint density at radius 1 is 1.67 bits per heavy atom. The van der Waals surface area contributed by atoms with Gasteiger partial charge in [-0.05, 0) is 16.5 Å². The van der Waals surface area contributed by atoms with E-state index in [4.69, 9.17) is 11.6 Å². The lowest BCUT2D eigenvalue weighted by atomic mass is 10.6. The molecule has 4 nitrogen and oxygen atoms in total. The Morgan fingerprint density at radius 3 is 2.56 bits per heavy atom. The highest BCUT2D eigenvalue weighted by Gasteiger charge is 2.03. The average molecular weight is 147 g/mol. The van der Waals surface area contributed by atoms with Crippen molar-refractivity contribution in [1.82, 2.24) is 4.98 Å². The van der Waals surface area contributed by atoms with Gasteiger partial charge in [0.25, 0.3) is 0 Å². The van der Waals surface area contributed by atoms with Crippen LogP contribution < -0.4 is 0 Å². The van der Waals surface area contributed by atoms with Gasteiger partial charge in [-0.1, -0.05) is 0 Å². The molecule has 0 amide bonds. The summed E-state index contributed by atoms with van der Waals surface area (Å²) < 4.78 is 0. The molecule has 1 aromatic rings. The molecule has 9 heavy (non-hydrogen) atoms. The van der Waals surface area contributed by atoms with E-state index in [1.165, 1.54) is 12.1 Å². The number of nitrogens with zero attached hydrogens (tertiary/aromatic N) is 1. The number of halogens is 1. The molecule has 0 spiro atoms. The van der Waals surface area contributed by atoms with Crippen molar-refractivity contribution in [3.8, 4) is 0 Å². The van der Waals surface area contributed by atoms with E-state index < -0.39 is 4.92 Å². The van der Waals surface area contributed by atoms with Crippen LogP contribution >= 0.6 is 11.6 Å². The number of nitro groups is 1. The van der Waals surface area contributed by atoms with Crippen LogP contribution in [0.4, 0.5) is 5.82 Å². The van der Waals surface area contributed by atoms with Crippen LogP contribution in [0.15, 0.2) is 12.1 Å². The molecule has 5 heteroatoms. The predicted molar refractivity (Wildman–Crippen MR) is 32.5 cm³/mol. The van der Waals surface area contributed by atoms with Crippen LogP contribution in [0.3, 0.4) is 0 Å². The first-order valence-corrected chi connectivity index (χ1v) is 2.57. The Bertz CT molecular complexity index is 232. The van der Waals surface area contributed by atoms with E-state index in [2.05, 4.69) is 4.98 Å². The second-order valence-corrected chi connectivity index (χ2v) is 1.86. The molecule has 0 saturated heterocycles. The molecule has 1 rings (SSSR count). The third-order valence-corrected chi connectivity index (χ3v) is 1.05. The smallest absolute Gasteiger partial charge is 0.322 e. The SMILES string of the molecule is O=[N+]([O-])c1ccc(Cl)[nH]1. The van der Waals surface area contributed by atoms with Gasteiger partial charge in [0.15, 0.2) is 5.15 Å². The third kappa shape index (κ3) is 1.20. The monoisotopic (exact) mass is 146 g/mol. The van der Waals surface area contributed by atoms with Gasteiger partial charge in [-0.3, -0.25) is 0 Å². The van der Waals surface area contributed by atoms with Gasteiger partial charge in [0.05, 0.1) is 0 Å². The Labute approximate surface area is 55.6 Å². The quantitative estimate of drug-likeness (QED) is 0.483. The Hall–Kier alpha value is -1.03. The fourth-order valence-corrected chi connectivity index (χ4v) is 0.624. The number of aromatic nitrogens is 1. The van der Waals surface area contributed by atoms with Crippen molar-refractivity contribution in [3.05, 3.63) is 27.4 Å². The lowest BCUT2D eigenvalue weighted by Gasteiger charge is -1.84. The number of nitrogens with one attached hydrogen (secondary N) is 1. The van der Waals surface area contributed by atoms with Gasteiger partial charge in [0.2, 0.25) is 0 Å². The molecular formula is C4H3ClN2O2. The van der Waals surface area contributed by atoms with Crippen LogP contribution in [0.1, 0.15) is 0 Å². The zero-order valence-electron chi connectivity index (χ0n) is 4.30. The third-order valence-electron chi connectivity index (χ3n) is 0.832.